The molecule has 2 saturated carbocycles. The highest BCUT2D eigenvalue weighted by molar-refractivity contribution is 7.08. The zero-order valence-electron chi connectivity index (χ0n) is 16.3. The molecule has 1 aliphatic heterocycles. The quantitative estimate of drug-likeness (QED) is 0.645. The fourth-order valence-corrected chi connectivity index (χ4v) is 5.64. The molecule has 0 N–H and O–H groups in total. The van der Waals surface area contributed by atoms with Gasteiger partial charge < -0.3 is 9.80 Å². The van der Waals surface area contributed by atoms with Crippen LogP contribution in [-0.4, -0.2) is 36.5 Å². The number of hydrogen-bond acceptors (Lipinski definition) is 3. The van der Waals surface area contributed by atoms with Crippen molar-refractivity contribution in [3.05, 3.63) is 52.7 Å². The highest BCUT2D eigenvalue weighted by Gasteiger charge is 2.49. The van der Waals surface area contributed by atoms with Gasteiger partial charge in [0, 0.05) is 23.7 Å². The van der Waals surface area contributed by atoms with Gasteiger partial charge >= 0.3 is 0 Å². The Morgan fingerprint density at radius 1 is 1.11 bits per heavy atom. The van der Waals surface area contributed by atoms with Gasteiger partial charge in [-0.25, -0.2) is 0 Å². The summed E-state index contributed by atoms with van der Waals surface area (Å²) in [5, 5.41) is 3.97. The number of hydrogen-bond donors (Lipinski definition) is 0. The number of piperidine rings is 1. The molecule has 3 fully saturated rings. The Balaban J connectivity index is 0.00000192. The summed E-state index contributed by atoms with van der Waals surface area (Å²) < 4.78 is 0. The molecule has 2 aliphatic carbocycles. The van der Waals surface area contributed by atoms with E-state index in [2.05, 4.69) is 21.9 Å². The summed E-state index contributed by atoms with van der Waals surface area (Å²) >= 11 is 1.60. The second-order valence-electron chi connectivity index (χ2n) is 8.83. The molecular formula is C23H29ClN2OS. The van der Waals surface area contributed by atoms with Crippen LogP contribution in [0.15, 0.2) is 47.2 Å². The van der Waals surface area contributed by atoms with E-state index in [-0.39, 0.29) is 18.3 Å². The molecule has 3 aliphatic rings. The molecule has 1 spiro atoms. The van der Waals surface area contributed by atoms with Gasteiger partial charge in [0.15, 0.2) is 0 Å². The van der Waals surface area contributed by atoms with Crippen LogP contribution in [0.4, 0.5) is 5.69 Å². The molecule has 0 unspecified atom stereocenters. The molecule has 1 aromatic heterocycles. The highest BCUT2D eigenvalue weighted by atomic mass is 35.5. The lowest BCUT2D eigenvalue weighted by molar-refractivity contribution is 0.0140. The fraction of sp³-hybridized carbons (Fsp3) is 0.522. The van der Waals surface area contributed by atoms with Gasteiger partial charge in [-0.2, -0.15) is 11.3 Å². The van der Waals surface area contributed by atoms with Crippen LogP contribution in [0.25, 0.3) is 0 Å². The summed E-state index contributed by atoms with van der Waals surface area (Å²) in [5.74, 6) is 1.15. The van der Waals surface area contributed by atoms with E-state index >= 15 is 0 Å². The molecule has 0 bridgehead atoms. The predicted octanol–water partition coefficient (Wildman–Crippen LogP) is 5.47. The van der Waals surface area contributed by atoms with Gasteiger partial charge in [0.2, 0.25) is 0 Å². The molecule has 5 rings (SSSR count). The van der Waals surface area contributed by atoms with Crippen LogP contribution in [0, 0.1) is 11.3 Å². The second kappa shape index (κ2) is 8.17. The van der Waals surface area contributed by atoms with E-state index in [1.807, 2.05) is 35.0 Å². The van der Waals surface area contributed by atoms with Gasteiger partial charge in [-0.3, -0.25) is 4.79 Å². The van der Waals surface area contributed by atoms with E-state index in [0.29, 0.717) is 11.5 Å². The third kappa shape index (κ3) is 4.00. The zero-order valence-corrected chi connectivity index (χ0v) is 17.9. The van der Waals surface area contributed by atoms with Crippen molar-refractivity contribution in [1.82, 2.24) is 4.90 Å². The number of carbonyl (C=O) groups is 1. The first kappa shape index (κ1) is 19.9. The topological polar surface area (TPSA) is 23.6 Å². The Morgan fingerprint density at radius 3 is 2.43 bits per heavy atom. The number of para-hydroxylation sites is 1. The van der Waals surface area contributed by atoms with Crippen LogP contribution in [-0.2, 0) is 0 Å². The highest BCUT2D eigenvalue weighted by Crippen LogP contribution is 2.52. The Labute approximate surface area is 178 Å². The van der Waals surface area contributed by atoms with E-state index in [9.17, 15) is 4.79 Å². The first-order valence-corrected chi connectivity index (χ1v) is 11.3. The van der Waals surface area contributed by atoms with Gasteiger partial charge in [-0.1, -0.05) is 18.2 Å². The van der Waals surface area contributed by atoms with Gasteiger partial charge in [0.1, 0.15) is 0 Å². The van der Waals surface area contributed by atoms with E-state index in [1.165, 1.54) is 45.3 Å². The molecule has 0 atom stereocenters. The van der Waals surface area contributed by atoms with Gasteiger partial charge in [-0.15, -0.1) is 12.4 Å². The number of anilines is 1. The minimum absolute atomic E-state index is 0. The normalized spacial score (nSPS) is 21.7. The lowest BCUT2D eigenvalue weighted by atomic mass is 9.60. The van der Waals surface area contributed by atoms with Crippen LogP contribution in [0.1, 0.15) is 48.9 Å². The van der Waals surface area contributed by atoms with Crippen LogP contribution >= 0.6 is 23.7 Å². The molecule has 2 heterocycles. The lowest BCUT2D eigenvalue weighted by Gasteiger charge is -2.55. The SMILES string of the molecule is Cl.O=C(c1ccsc1)N(c1ccccc1)C1CC2(CCN(CC3CC3)CC2)C1. The molecular weight excluding hydrogens is 388 g/mol. The van der Waals surface area contributed by atoms with Crippen molar-refractivity contribution >= 4 is 35.3 Å². The van der Waals surface area contributed by atoms with Crippen molar-refractivity contribution < 1.29 is 4.79 Å². The van der Waals surface area contributed by atoms with Gasteiger partial charge in [-0.05, 0) is 86.5 Å². The summed E-state index contributed by atoms with van der Waals surface area (Å²) in [6, 6.07) is 12.5. The predicted molar refractivity (Wildman–Crippen MR) is 119 cm³/mol. The molecule has 5 heteroatoms. The van der Waals surface area contributed by atoms with E-state index < -0.39 is 0 Å². The fourth-order valence-electron chi connectivity index (χ4n) is 5.01. The summed E-state index contributed by atoms with van der Waals surface area (Å²) in [5.41, 5.74) is 2.34. The van der Waals surface area contributed by atoms with E-state index in [0.717, 1.165) is 30.0 Å². The first-order valence-electron chi connectivity index (χ1n) is 10.4. The number of benzene rings is 1. The maximum atomic E-state index is 13.2. The number of halogens is 1. The second-order valence-corrected chi connectivity index (χ2v) is 9.61. The van der Waals surface area contributed by atoms with Crippen molar-refractivity contribution in [3.8, 4) is 0 Å². The van der Waals surface area contributed by atoms with Crippen molar-refractivity contribution in [3.63, 3.8) is 0 Å². The third-order valence-corrected chi connectivity index (χ3v) is 7.54. The summed E-state index contributed by atoms with van der Waals surface area (Å²) in [7, 11) is 0. The summed E-state index contributed by atoms with van der Waals surface area (Å²) in [4.78, 5) is 18.0. The molecule has 2 aromatic rings. The standard InChI is InChI=1S/C23H28N2OS.ClH/c26-22(19-8-13-27-17-19)25(20-4-2-1-3-5-20)21-14-23(15-21)9-11-24(12-10-23)16-18-6-7-18;/h1-5,8,13,17-18,21H,6-7,9-12,14-16H2;1H. The van der Waals surface area contributed by atoms with Crippen LogP contribution in [0.5, 0.6) is 0 Å². The number of nitrogens with zero attached hydrogens (tertiary/aromatic N) is 2. The maximum Gasteiger partial charge on any atom is 0.259 e. The van der Waals surface area contributed by atoms with Crippen molar-refractivity contribution in [1.29, 1.82) is 0 Å². The average Bonchev–Trinajstić information content (AvgIpc) is 3.31. The summed E-state index contributed by atoms with van der Waals surface area (Å²) in [6.07, 6.45) is 7.84. The Kier molecular flexibility index (Phi) is 5.82. The molecule has 1 amide bonds. The van der Waals surface area contributed by atoms with E-state index in [4.69, 9.17) is 0 Å². The number of carbonyl (C=O) groups excluding carboxylic acids is 1. The molecule has 1 saturated heterocycles. The largest absolute Gasteiger partial charge is 0.305 e. The van der Waals surface area contributed by atoms with Crippen molar-refractivity contribution in [2.24, 2.45) is 11.3 Å². The third-order valence-electron chi connectivity index (χ3n) is 6.85. The van der Waals surface area contributed by atoms with Crippen LogP contribution < -0.4 is 4.90 Å². The monoisotopic (exact) mass is 416 g/mol. The van der Waals surface area contributed by atoms with E-state index in [1.54, 1.807) is 11.3 Å². The Bertz CT molecular complexity index is 774. The number of likely N-dealkylation sites (tertiary alicyclic amines) is 1. The number of rotatable bonds is 5. The molecule has 150 valence electrons. The minimum Gasteiger partial charge on any atom is -0.305 e. The molecule has 3 nitrogen and oxygen atoms in total. The molecule has 1 aromatic carbocycles. The number of thiophene rings is 1. The van der Waals surface area contributed by atoms with Gasteiger partial charge in [0.05, 0.1) is 5.56 Å². The smallest absolute Gasteiger partial charge is 0.259 e. The Hall–Kier alpha value is -1.36. The summed E-state index contributed by atoms with van der Waals surface area (Å²) in [6.45, 7) is 3.84. The van der Waals surface area contributed by atoms with Crippen molar-refractivity contribution in [2.45, 2.75) is 44.6 Å². The lowest BCUT2D eigenvalue weighted by Crippen LogP contribution is -2.56. The zero-order chi connectivity index (χ0) is 18.3. The first-order chi connectivity index (χ1) is 13.2. The average molecular weight is 417 g/mol. The minimum atomic E-state index is 0. The van der Waals surface area contributed by atoms with Crippen LogP contribution in [0.3, 0.4) is 0 Å². The molecule has 0 radical (unpaired) electrons. The van der Waals surface area contributed by atoms with Crippen molar-refractivity contribution in [2.75, 3.05) is 24.5 Å². The maximum absolute atomic E-state index is 13.2. The van der Waals surface area contributed by atoms with Gasteiger partial charge in [0.25, 0.3) is 5.91 Å². The molecule has 28 heavy (non-hydrogen) atoms. The Morgan fingerprint density at radius 2 is 1.82 bits per heavy atom. The van der Waals surface area contributed by atoms with Crippen LogP contribution in [0.2, 0.25) is 0 Å². The number of amides is 1.